The molecule has 0 saturated heterocycles. The Hall–Kier alpha value is -2.15. The van der Waals surface area contributed by atoms with Crippen LogP contribution >= 0.6 is 11.3 Å². The number of aliphatic carboxylic acids is 2. The SMILES string of the molecule is Cc1ccsc1C=CC(=O)N(CC(=O)O)CC(=O)O. The van der Waals surface area contributed by atoms with Crippen molar-refractivity contribution in [1.82, 2.24) is 4.90 Å². The zero-order valence-corrected chi connectivity index (χ0v) is 11.0. The molecule has 6 nitrogen and oxygen atoms in total. The summed E-state index contributed by atoms with van der Waals surface area (Å²) >= 11 is 1.44. The quantitative estimate of drug-likeness (QED) is 0.761. The Bertz CT molecular complexity index is 504. The molecule has 0 atom stereocenters. The van der Waals surface area contributed by atoms with Crippen molar-refractivity contribution in [2.24, 2.45) is 0 Å². The van der Waals surface area contributed by atoms with Gasteiger partial charge in [0.25, 0.3) is 0 Å². The van der Waals surface area contributed by atoms with Crippen molar-refractivity contribution in [2.75, 3.05) is 13.1 Å². The largest absolute Gasteiger partial charge is 0.480 e. The van der Waals surface area contributed by atoms with Gasteiger partial charge in [0.05, 0.1) is 0 Å². The van der Waals surface area contributed by atoms with E-state index in [-0.39, 0.29) is 0 Å². The highest BCUT2D eigenvalue weighted by Crippen LogP contribution is 2.17. The van der Waals surface area contributed by atoms with E-state index < -0.39 is 30.9 Å². The molecule has 7 heteroatoms. The number of hydrogen-bond donors (Lipinski definition) is 2. The van der Waals surface area contributed by atoms with Gasteiger partial charge >= 0.3 is 11.9 Å². The Morgan fingerprint density at radius 1 is 1.26 bits per heavy atom. The Kier molecular flexibility index (Phi) is 5.25. The maximum absolute atomic E-state index is 11.7. The third kappa shape index (κ3) is 4.92. The summed E-state index contributed by atoms with van der Waals surface area (Å²) in [5.74, 6) is -3.15. The van der Waals surface area contributed by atoms with Gasteiger partial charge in [-0.15, -0.1) is 11.3 Å². The maximum Gasteiger partial charge on any atom is 0.323 e. The molecule has 0 aromatic carbocycles. The van der Waals surface area contributed by atoms with Crippen LogP contribution < -0.4 is 0 Å². The molecule has 0 saturated carbocycles. The first kappa shape index (κ1) is 14.9. The van der Waals surface area contributed by atoms with Gasteiger partial charge < -0.3 is 15.1 Å². The lowest BCUT2D eigenvalue weighted by atomic mass is 10.2. The van der Waals surface area contributed by atoms with Gasteiger partial charge in [0, 0.05) is 11.0 Å². The molecule has 1 heterocycles. The Balaban J connectivity index is 2.76. The summed E-state index contributed by atoms with van der Waals surface area (Å²) in [6.45, 7) is 0.602. The van der Waals surface area contributed by atoms with Crippen LogP contribution in [0.3, 0.4) is 0 Å². The second kappa shape index (κ2) is 6.69. The highest BCUT2D eigenvalue weighted by atomic mass is 32.1. The van der Waals surface area contributed by atoms with Crippen molar-refractivity contribution in [3.8, 4) is 0 Å². The van der Waals surface area contributed by atoms with Crippen molar-refractivity contribution in [1.29, 1.82) is 0 Å². The molecular weight excluding hydrogens is 270 g/mol. The minimum Gasteiger partial charge on any atom is -0.480 e. The van der Waals surface area contributed by atoms with E-state index in [0.717, 1.165) is 15.3 Å². The van der Waals surface area contributed by atoms with Crippen LogP contribution in [0.2, 0.25) is 0 Å². The molecule has 0 fully saturated rings. The van der Waals surface area contributed by atoms with E-state index in [0.29, 0.717) is 0 Å². The van der Waals surface area contributed by atoms with E-state index in [2.05, 4.69) is 0 Å². The average molecular weight is 283 g/mol. The maximum atomic E-state index is 11.7. The minimum absolute atomic E-state index is 0.640. The van der Waals surface area contributed by atoms with Crippen LogP contribution in [0.5, 0.6) is 0 Å². The van der Waals surface area contributed by atoms with Gasteiger partial charge in [-0.2, -0.15) is 0 Å². The summed E-state index contributed by atoms with van der Waals surface area (Å²) in [6, 6.07) is 1.89. The van der Waals surface area contributed by atoms with Crippen LogP contribution in [0.25, 0.3) is 6.08 Å². The van der Waals surface area contributed by atoms with E-state index in [1.165, 1.54) is 17.4 Å². The van der Waals surface area contributed by atoms with Crippen molar-refractivity contribution in [2.45, 2.75) is 6.92 Å². The molecule has 0 aliphatic heterocycles. The monoisotopic (exact) mass is 283 g/mol. The van der Waals surface area contributed by atoms with Gasteiger partial charge in [-0.25, -0.2) is 0 Å². The van der Waals surface area contributed by atoms with Crippen molar-refractivity contribution in [3.63, 3.8) is 0 Å². The molecule has 2 N–H and O–H groups in total. The Morgan fingerprint density at radius 3 is 2.26 bits per heavy atom. The third-order valence-corrected chi connectivity index (χ3v) is 3.23. The highest BCUT2D eigenvalue weighted by molar-refractivity contribution is 7.11. The van der Waals surface area contributed by atoms with E-state index in [9.17, 15) is 14.4 Å². The molecular formula is C12H13NO5S. The molecule has 1 rings (SSSR count). The molecule has 1 aromatic rings. The lowest BCUT2D eigenvalue weighted by Crippen LogP contribution is -2.38. The molecule has 0 radical (unpaired) electrons. The van der Waals surface area contributed by atoms with Gasteiger partial charge in [0.15, 0.2) is 0 Å². The fraction of sp³-hybridized carbons (Fsp3) is 0.250. The standard InChI is InChI=1S/C12H13NO5S/c1-8-4-5-19-9(8)2-3-10(14)13(6-11(15)16)7-12(17)18/h2-5H,6-7H2,1H3,(H,15,16)(H,17,18). The Morgan fingerprint density at radius 2 is 1.84 bits per heavy atom. The highest BCUT2D eigenvalue weighted by Gasteiger charge is 2.17. The number of carbonyl (C=O) groups is 3. The molecule has 0 bridgehead atoms. The van der Waals surface area contributed by atoms with E-state index >= 15 is 0 Å². The van der Waals surface area contributed by atoms with E-state index in [1.807, 2.05) is 18.4 Å². The molecule has 19 heavy (non-hydrogen) atoms. The number of aryl methyl sites for hydroxylation is 1. The summed E-state index contributed by atoms with van der Waals surface area (Å²) in [4.78, 5) is 34.5. The van der Waals surface area contributed by atoms with Gasteiger partial charge in [-0.1, -0.05) is 0 Å². The molecule has 1 amide bonds. The second-order valence-corrected chi connectivity index (χ2v) is 4.73. The molecule has 1 aromatic heterocycles. The number of nitrogens with zero attached hydrogens (tertiary/aromatic N) is 1. The van der Waals surface area contributed by atoms with Crippen LogP contribution in [0.15, 0.2) is 17.5 Å². The average Bonchev–Trinajstić information content (AvgIpc) is 2.69. The molecule has 0 aliphatic carbocycles. The summed E-state index contributed by atoms with van der Waals surface area (Å²) in [7, 11) is 0. The summed E-state index contributed by atoms with van der Waals surface area (Å²) < 4.78 is 0. The van der Waals surface area contributed by atoms with Gasteiger partial charge in [0.1, 0.15) is 13.1 Å². The van der Waals surface area contributed by atoms with E-state index in [4.69, 9.17) is 10.2 Å². The van der Waals surface area contributed by atoms with Crippen molar-refractivity contribution in [3.05, 3.63) is 28.0 Å². The fourth-order valence-electron chi connectivity index (χ4n) is 1.35. The van der Waals surface area contributed by atoms with Gasteiger partial charge in [0.2, 0.25) is 5.91 Å². The molecule has 0 aliphatic rings. The minimum atomic E-state index is -1.25. The number of carboxylic acids is 2. The number of hydrogen-bond acceptors (Lipinski definition) is 4. The Labute approximate surface area is 113 Å². The van der Waals surface area contributed by atoms with Crippen LogP contribution in [-0.2, 0) is 14.4 Å². The first-order valence-corrected chi connectivity index (χ1v) is 6.22. The first-order chi connectivity index (χ1) is 8.90. The normalized spacial score (nSPS) is 10.6. The lowest BCUT2D eigenvalue weighted by Gasteiger charge is -2.15. The zero-order chi connectivity index (χ0) is 14.4. The van der Waals surface area contributed by atoms with Crippen LogP contribution in [0.4, 0.5) is 0 Å². The number of carboxylic acid groups (broad SMARTS) is 2. The van der Waals surface area contributed by atoms with Crippen molar-refractivity contribution < 1.29 is 24.6 Å². The zero-order valence-electron chi connectivity index (χ0n) is 10.2. The summed E-state index contributed by atoms with van der Waals surface area (Å²) in [5.41, 5.74) is 0.997. The van der Waals surface area contributed by atoms with Gasteiger partial charge in [-0.05, 0) is 30.0 Å². The second-order valence-electron chi connectivity index (χ2n) is 3.78. The molecule has 0 unspecified atom stereocenters. The number of carbonyl (C=O) groups excluding carboxylic acids is 1. The first-order valence-electron chi connectivity index (χ1n) is 5.35. The van der Waals surface area contributed by atoms with Gasteiger partial charge in [-0.3, -0.25) is 14.4 Å². The number of thiophene rings is 1. The summed E-state index contributed by atoms with van der Waals surface area (Å²) in [6.07, 6.45) is 2.74. The van der Waals surface area contributed by atoms with E-state index in [1.54, 1.807) is 6.08 Å². The van der Waals surface area contributed by atoms with Crippen LogP contribution in [0, 0.1) is 6.92 Å². The van der Waals surface area contributed by atoms with Crippen LogP contribution in [-0.4, -0.2) is 46.0 Å². The topological polar surface area (TPSA) is 94.9 Å². The smallest absolute Gasteiger partial charge is 0.323 e. The molecule has 102 valence electrons. The summed E-state index contributed by atoms with van der Waals surface area (Å²) in [5, 5.41) is 19.1. The van der Waals surface area contributed by atoms with Crippen molar-refractivity contribution >= 4 is 35.3 Å². The lowest BCUT2D eigenvalue weighted by molar-refractivity contribution is -0.147. The molecule has 0 spiro atoms. The number of amides is 1. The predicted octanol–water partition coefficient (Wildman–Crippen LogP) is 1.07. The fourth-order valence-corrected chi connectivity index (χ4v) is 2.17. The third-order valence-electron chi connectivity index (χ3n) is 2.24. The number of rotatable bonds is 6. The van der Waals surface area contributed by atoms with Crippen LogP contribution in [0.1, 0.15) is 10.4 Å². The predicted molar refractivity (Wildman–Crippen MR) is 69.9 cm³/mol.